The van der Waals surface area contributed by atoms with Crippen molar-refractivity contribution >= 4 is 23.0 Å². The van der Waals surface area contributed by atoms with Gasteiger partial charge in [0.2, 0.25) is 0 Å². The van der Waals surface area contributed by atoms with Crippen LogP contribution in [0.2, 0.25) is 0 Å². The Morgan fingerprint density at radius 3 is 2.52 bits per heavy atom. The van der Waals surface area contributed by atoms with Gasteiger partial charge in [-0.2, -0.15) is 0 Å². The minimum absolute atomic E-state index is 0.628. The van der Waals surface area contributed by atoms with Crippen LogP contribution >= 0.6 is 12.2 Å². The van der Waals surface area contributed by atoms with Gasteiger partial charge in [0.1, 0.15) is 5.82 Å². The van der Waals surface area contributed by atoms with Crippen molar-refractivity contribution in [2.24, 2.45) is 0 Å². The van der Waals surface area contributed by atoms with E-state index in [1.54, 1.807) is 0 Å². The molecular formula is C20H22N4S. The Kier molecular flexibility index (Phi) is 5.14. The number of hydrogen-bond donors (Lipinski definition) is 2. The normalized spacial score (nSPS) is 10.5. The Morgan fingerprint density at radius 1 is 1.08 bits per heavy atom. The third kappa shape index (κ3) is 4.25. The lowest BCUT2D eigenvalue weighted by atomic mass is 10.1. The van der Waals surface area contributed by atoms with E-state index in [-0.39, 0.29) is 0 Å². The molecule has 0 fully saturated rings. The van der Waals surface area contributed by atoms with Crippen LogP contribution in [0.1, 0.15) is 22.5 Å². The largest absolute Gasteiger partial charge is 0.358 e. The zero-order chi connectivity index (χ0) is 17.8. The molecule has 0 amide bonds. The van der Waals surface area contributed by atoms with Crippen LogP contribution in [0.4, 0.5) is 5.69 Å². The number of benzene rings is 2. The van der Waals surface area contributed by atoms with E-state index < -0.39 is 0 Å². The van der Waals surface area contributed by atoms with Gasteiger partial charge in [0.15, 0.2) is 5.11 Å². The molecule has 25 heavy (non-hydrogen) atoms. The molecule has 4 nitrogen and oxygen atoms in total. The molecule has 0 spiro atoms. The minimum Gasteiger partial charge on any atom is -0.358 e. The predicted molar refractivity (Wildman–Crippen MR) is 107 cm³/mol. The van der Waals surface area contributed by atoms with E-state index in [4.69, 9.17) is 12.2 Å². The number of hydrogen-bond acceptors (Lipinski definition) is 2. The summed E-state index contributed by atoms with van der Waals surface area (Å²) in [5.41, 5.74) is 5.71. The van der Waals surface area contributed by atoms with Crippen LogP contribution in [0, 0.1) is 20.8 Å². The number of rotatable bonds is 4. The summed E-state index contributed by atoms with van der Waals surface area (Å²) in [4.78, 5) is 4.25. The van der Waals surface area contributed by atoms with Gasteiger partial charge in [0.25, 0.3) is 0 Å². The number of anilines is 1. The maximum absolute atomic E-state index is 5.41. The Labute approximate surface area is 153 Å². The van der Waals surface area contributed by atoms with E-state index in [1.807, 2.05) is 19.3 Å². The molecule has 1 aromatic heterocycles. The van der Waals surface area contributed by atoms with Crippen molar-refractivity contribution in [2.45, 2.75) is 27.3 Å². The lowest BCUT2D eigenvalue weighted by Crippen LogP contribution is -2.28. The molecule has 0 bridgehead atoms. The molecule has 0 atom stereocenters. The van der Waals surface area contributed by atoms with Crippen molar-refractivity contribution in [1.29, 1.82) is 0 Å². The highest BCUT2D eigenvalue weighted by atomic mass is 32.1. The van der Waals surface area contributed by atoms with Gasteiger partial charge in [-0.15, -0.1) is 0 Å². The summed E-state index contributed by atoms with van der Waals surface area (Å²) in [6, 6.07) is 14.7. The molecule has 0 radical (unpaired) electrons. The van der Waals surface area contributed by atoms with E-state index in [0.717, 1.165) is 17.2 Å². The van der Waals surface area contributed by atoms with Crippen molar-refractivity contribution in [3.8, 4) is 5.69 Å². The van der Waals surface area contributed by atoms with Crippen LogP contribution in [0.15, 0.2) is 54.9 Å². The van der Waals surface area contributed by atoms with E-state index >= 15 is 0 Å². The van der Waals surface area contributed by atoms with E-state index in [9.17, 15) is 0 Å². The monoisotopic (exact) mass is 350 g/mol. The van der Waals surface area contributed by atoms with E-state index in [0.29, 0.717) is 11.7 Å². The Bertz CT molecular complexity index is 881. The summed E-state index contributed by atoms with van der Waals surface area (Å²) in [6.45, 7) is 6.82. The fraction of sp³-hybridized carbons (Fsp3) is 0.200. The lowest BCUT2D eigenvalue weighted by Gasteiger charge is -2.13. The standard InChI is InChI=1S/C20H22N4S/c1-14-4-5-15(2)19(12-14)23-20(25)22-13-17-6-8-18(9-7-17)24-11-10-21-16(24)3/h4-12H,13H2,1-3H3,(H2,22,23,25). The fourth-order valence-electron chi connectivity index (χ4n) is 2.64. The maximum Gasteiger partial charge on any atom is 0.171 e. The predicted octanol–water partition coefficient (Wildman–Crippen LogP) is 4.28. The van der Waals surface area contributed by atoms with E-state index in [1.165, 1.54) is 16.7 Å². The van der Waals surface area contributed by atoms with Gasteiger partial charge >= 0.3 is 0 Å². The summed E-state index contributed by atoms with van der Waals surface area (Å²) in [6.07, 6.45) is 3.77. The first-order valence-corrected chi connectivity index (χ1v) is 8.65. The van der Waals surface area contributed by atoms with Gasteiger partial charge in [0.05, 0.1) is 0 Å². The van der Waals surface area contributed by atoms with Crippen molar-refractivity contribution in [3.63, 3.8) is 0 Å². The first-order valence-electron chi connectivity index (χ1n) is 8.24. The number of nitrogens with zero attached hydrogens (tertiary/aromatic N) is 2. The van der Waals surface area contributed by atoms with Gasteiger partial charge in [-0.3, -0.25) is 0 Å². The molecule has 0 saturated heterocycles. The number of aryl methyl sites for hydroxylation is 3. The van der Waals surface area contributed by atoms with Crippen molar-refractivity contribution in [2.75, 3.05) is 5.32 Å². The summed E-state index contributed by atoms with van der Waals surface area (Å²) in [5, 5.41) is 7.16. The van der Waals surface area contributed by atoms with Gasteiger partial charge in [0, 0.05) is 30.3 Å². The molecule has 1 heterocycles. The van der Waals surface area contributed by atoms with Crippen LogP contribution in [-0.4, -0.2) is 14.7 Å². The summed E-state index contributed by atoms with van der Waals surface area (Å²) in [7, 11) is 0. The summed E-state index contributed by atoms with van der Waals surface area (Å²) < 4.78 is 2.06. The molecule has 0 unspecified atom stereocenters. The smallest absolute Gasteiger partial charge is 0.171 e. The van der Waals surface area contributed by atoms with Crippen LogP contribution in [0.3, 0.4) is 0 Å². The van der Waals surface area contributed by atoms with Crippen molar-refractivity contribution in [3.05, 3.63) is 77.4 Å². The molecular weight excluding hydrogens is 328 g/mol. The number of imidazole rings is 1. The second-order valence-corrected chi connectivity index (χ2v) is 6.55. The topological polar surface area (TPSA) is 41.9 Å². The molecule has 3 rings (SSSR count). The van der Waals surface area contributed by atoms with Crippen LogP contribution < -0.4 is 10.6 Å². The van der Waals surface area contributed by atoms with Crippen molar-refractivity contribution < 1.29 is 0 Å². The molecule has 3 aromatic rings. The van der Waals surface area contributed by atoms with Gasteiger partial charge < -0.3 is 15.2 Å². The number of thiocarbonyl (C=S) groups is 1. The second-order valence-electron chi connectivity index (χ2n) is 6.14. The fourth-order valence-corrected chi connectivity index (χ4v) is 2.83. The first kappa shape index (κ1) is 17.2. The van der Waals surface area contributed by atoms with Gasteiger partial charge in [-0.1, -0.05) is 24.3 Å². The SMILES string of the molecule is Cc1ccc(C)c(NC(=S)NCc2ccc(-n3ccnc3C)cc2)c1. The molecule has 0 aliphatic heterocycles. The minimum atomic E-state index is 0.628. The Morgan fingerprint density at radius 2 is 1.84 bits per heavy atom. The lowest BCUT2D eigenvalue weighted by molar-refractivity contribution is 0.919. The van der Waals surface area contributed by atoms with Crippen LogP contribution in [0.5, 0.6) is 0 Å². The number of nitrogens with one attached hydrogen (secondary N) is 2. The molecule has 0 aliphatic carbocycles. The Hall–Kier alpha value is -2.66. The third-order valence-electron chi connectivity index (χ3n) is 4.13. The average Bonchev–Trinajstić information content (AvgIpc) is 3.03. The molecule has 0 aliphatic rings. The highest BCUT2D eigenvalue weighted by Crippen LogP contribution is 2.16. The van der Waals surface area contributed by atoms with E-state index in [2.05, 4.69) is 76.5 Å². The second kappa shape index (κ2) is 7.49. The molecule has 128 valence electrons. The van der Waals surface area contributed by atoms with Crippen molar-refractivity contribution in [1.82, 2.24) is 14.9 Å². The molecule has 5 heteroatoms. The number of aromatic nitrogens is 2. The zero-order valence-corrected chi connectivity index (χ0v) is 15.5. The molecule has 2 N–H and O–H groups in total. The molecule has 0 saturated carbocycles. The van der Waals surface area contributed by atoms with Crippen LogP contribution in [-0.2, 0) is 6.54 Å². The highest BCUT2D eigenvalue weighted by molar-refractivity contribution is 7.80. The van der Waals surface area contributed by atoms with Gasteiger partial charge in [-0.05, 0) is 67.9 Å². The van der Waals surface area contributed by atoms with Gasteiger partial charge in [-0.25, -0.2) is 4.98 Å². The summed E-state index contributed by atoms with van der Waals surface area (Å²) >= 11 is 5.41. The average molecular weight is 350 g/mol. The Balaban J connectivity index is 1.59. The zero-order valence-electron chi connectivity index (χ0n) is 14.7. The highest BCUT2D eigenvalue weighted by Gasteiger charge is 2.03. The first-order chi connectivity index (χ1) is 12.0. The quantitative estimate of drug-likeness (QED) is 0.689. The van der Waals surface area contributed by atoms with Crippen LogP contribution in [0.25, 0.3) is 5.69 Å². The maximum atomic E-state index is 5.41. The summed E-state index contributed by atoms with van der Waals surface area (Å²) in [5.74, 6) is 0.977. The third-order valence-corrected chi connectivity index (χ3v) is 4.38. The molecule has 2 aromatic carbocycles.